The monoisotopic (exact) mass is 234 g/mol. The van der Waals surface area contributed by atoms with Crippen molar-refractivity contribution in [1.29, 1.82) is 0 Å². The third-order valence-corrected chi connectivity index (χ3v) is 3.14. The molecule has 0 saturated carbocycles. The molecule has 0 aromatic carbocycles. The van der Waals surface area contributed by atoms with Crippen molar-refractivity contribution in [2.45, 2.75) is 26.4 Å². The van der Waals surface area contributed by atoms with E-state index in [1.165, 1.54) is 0 Å². The van der Waals surface area contributed by atoms with Gasteiger partial charge < -0.3 is 10.4 Å². The van der Waals surface area contributed by atoms with Crippen LogP contribution in [-0.4, -0.2) is 32.1 Å². The van der Waals surface area contributed by atoms with E-state index in [2.05, 4.69) is 22.2 Å². The molecule has 0 saturated heterocycles. The Bertz CT molecular complexity index is 482. The lowest BCUT2D eigenvalue weighted by atomic mass is 10.1. The zero-order chi connectivity index (χ0) is 12.3. The van der Waals surface area contributed by atoms with Crippen LogP contribution in [0.3, 0.4) is 0 Å². The van der Waals surface area contributed by atoms with Gasteiger partial charge in [0, 0.05) is 31.6 Å². The van der Waals surface area contributed by atoms with E-state index < -0.39 is 0 Å². The number of hydrogen-bond donors (Lipinski definition) is 2. The molecular weight excluding hydrogens is 216 g/mol. The number of nitrogens with zero attached hydrogens (tertiary/aromatic N) is 3. The molecule has 2 aromatic rings. The minimum absolute atomic E-state index is 0.200. The van der Waals surface area contributed by atoms with E-state index in [-0.39, 0.29) is 18.6 Å². The molecule has 0 bridgehead atoms. The predicted molar refractivity (Wildman–Crippen MR) is 65.5 cm³/mol. The van der Waals surface area contributed by atoms with Crippen LogP contribution in [0.25, 0.3) is 5.65 Å². The highest BCUT2D eigenvalue weighted by Crippen LogP contribution is 2.06. The number of rotatable bonds is 5. The largest absolute Gasteiger partial charge is 0.396 e. The summed E-state index contributed by atoms with van der Waals surface area (Å²) >= 11 is 0. The number of aliphatic hydroxyl groups is 1. The zero-order valence-electron chi connectivity index (χ0n) is 10.2. The number of fused-ring (bicyclic) bond motifs is 1. The molecule has 2 N–H and O–H groups in total. The molecule has 92 valence electrons. The van der Waals surface area contributed by atoms with Crippen LogP contribution in [0.15, 0.2) is 24.8 Å². The van der Waals surface area contributed by atoms with Gasteiger partial charge in [-0.15, -0.1) is 0 Å². The Morgan fingerprint density at radius 3 is 3.00 bits per heavy atom. The van der Waals surface area contributed by atoms with Crippen molar-refractivity contribution in [2.75, 3.05) is 6.61 Å². The van der Waals surface area contributed by atoms with Crippen molar-refractivity contribution >= 4 is 5.65 Å². The van der Waals surface area contributed by atoms with Crippen LogP contribution >= 0.6 is 0 Å². The Hall–Kier alpha value is -1.46. The fourth-order valence-electron chi connectivity index (χ4n) is 1.65. The SMILES string of the molecule is CC(CO)C(C)NCc1cnc2cnccn12. The van der Waals surface area contributed by atoms with Gasteiger partial charge in [-0.25, -0.2) is 4.98 Å². The van der Waals surface area contributed by atoms with E-state index >= 15 is 0 Å². The van der Waals surface area contributed by atoms with Gasteiger partial charge in [0.05, 0.1) is 18.1 Å². The average Bonchev–Trinajstić information content (AvgIpc) is 2.78. The molecule has 0 amide bonds. The molecule has 0 aliphatic heterocycles. The molecule has 2 atom stereocenters. The topological polar surface area (TPSA) is 62.5 Å². The number of aliphatic hydroxyl groups excluding tert-OH is 1. The lowest BCUT2D eigenvalue weighted by molar-refractivity contribution is 0.206. The standard InChI is InChI=1S/C12H18N4O/c1-9(8-17)10(2)14-5-11-6-15-12-7-13-3-4-16(11)12/h3-4,6-7,9-10,14,17H,5,8H2,1-2H3. The first kappa shape index (κ1) is 12.0. The van der Waals surface area contributed by atoms with Gasteiger partial charge in [-0.05, 0) is 12.8 Å². The summed E-state index contributed by atoms with van der Waals surface area (Å²) in [5.41, 5.74) is 1.95. The van der Waals surface area contributed by atoms with E-state index in [4.69, 9.17) is 5.11 Å². The van der Waals surface area contributed by atoms with Crippen LogP contribution in [0.1, 0.15) is 19.5 Å². The van der Waals surface area contributed by atoms with E-state index in [0.717, 1.165) is 17.9 Å². The summed E-state index contributed by atoms with van der Waals surface area (Å²) in [4.78, 5) is 8.30. The van der Waals surface area contributed by atoms with Gasteiger partial charge in [-0.3, -0.25) is 9.38 Å². The van der Waals surface area contributed by atoms with Gasteiger partial charge in [0.15, 0.2) is 5.65 Å². The third kappa shape index (κ3) is 2.62. The summed E-state index contributed by atoms with van der Waals surface area (Å²) in [5.74, 6) is 0.246. The molecule has 0 spiro atoms. The summed E-state index contributed by atoms with van der Waals surface area (Å²) in [5, 5.41) is 12.5. The first-order chi connectivity index (χ1) is 8.22. The van der Waals surface area contributed by atoms with Crippen molar-refractivity contribution in [1.82, 2.24) is 19.7 Å². The third-order valence-electron chi connectivity index (χ3n) is 3.14. The van der Waals surface area contributed by atoms with Gasteiger partial charge in [-0.2, -0.15) is 0 Å². The molecule has 2 heterocycles. The first-order valence-corrected chi connectivity index (χ1v) is 5.82. The fraction of sp³-hybridized carbons (Fsp3) is 0.500. The summed E-state index contributed by atoms with van der Waals surface area (Å²) in [6, 6.07) is 0.271. The van der Waals surface area contributed by atoms with E-state index in [0.29, 0.717) is 0 Å². The number of imidazole rings is 1. The molecule has 2 rings (SSSR count). The number of nitrogens with one attached hydrogen (secondary N) is 1. The highest BCUT2D eigenvalue weighted by molar-refractivity contribution is 5.36. The second-order valence-corrected chi connectivity index (χ2v) is 4.38. The Morgan fingerprint density at radius 2 is 2.24 bits per heavy atom. The van der Waals surface area contributed by atoms with Gasteiger partial charge in [-0.1, -0.05) is 6.92 Å². The second kappa shape index (κ2) is 5.25. The van der Waals surface area contributed by atoms with E-state index in [1.54, 1.807) is 12.4 Å². The lowest BCUT2D eigenvalue weighted by Gasteiger charge is -2.18. The minimum Gasteiger partial charge on any atom is -0.396 e. The maximum Gasteiger partial charge on any atom is 0.155 e. The lowest BCUT2D eigenvalue weighted by Crippen LogP contribution is -2.33. The van der Waals surface area contributed by atoms with Crippen LogP contribution in [-0.2, 0) is 6.54 Å². The van der Waals surface area contributed by atoms with Crippen molar-refractivity contribution in [3.8, 4) is 0 Å². The highest BCUT2D eigenvalue weighted by atomic mass is 16.3. The Labute approximate surface area is 101 Å². The van der Waals surface area contributed by atoms with E-state index in [1.807, 2.05) is 23.7 Å². The van der Waals surface area contributed by atoms with Crippen LogP contribution in [0.2, 0.25) is 0 Å². The van der Waals surface area contributed by atoms with Crippen molar-refractivity contribution in [3.63, 3.8) is 0 Å². The maximum atomic E-state index is 9.07. The Balaban J connectivity index is 2.04. The predicted octanol–water partition coefficient (Wildman–Crippen LogP) is 0.836. The average molecular weight is 234 g/mol. The normalized spacial score (nSPS) is 15.0. The van der Waals surface area contributed by atoms with Gasteiger partial charge >= 0.3 is 0 Å². The summed E-state index contributed by atoms with van der Waals surface area (Å²) < 4.78 is 2.01. The van der Waals surface area contributed by atoms with Crippen molar-refractivity contribution in [3.05, 3.63) is 30.5 Å². The van der Waals surface area contributed by atoms with Gasteiger partial charge in [0.1, 0.15) is 0 Å². The minimum atomic E-state index is 0.200. The summed E-state index contributed by atoms with van der Waals surface area (Å²) in [6.45, 7) is 5.03. The summed E-state index contributed by atoms with van der Waals surface area (Å²) in [7, 11) is 0. The van der Waals surface area contributed by atoms with Crippen LogP contribution in [0.4, 0.5) is 0 Å². The van der Waals surface area contributed by atoms with Crippen molar-refractivity contribution in [2.24, 2.45) is 5.92 Å². The maximum absolute atomic E-state index is 9.07. The molecule has 0 radical (unpaired) electrons. The first-order valence-electron chi connectivity index (χ1n) is 5.82. The Morgan fingerprint density at radius 1 is 1.41 bits per heavy atom. The smallest absolute Gasteiger partial charge is 0.155 e. The second-order valence-electron chi connectivity index (χ2n) is 4.38. The molecule has 17 heavy (non-hydrogen) atoms. The quantitative estimate of drug-likeness (QED) is 0.804. The number of aromatic nitrogens is 3. The molecule has 2 unspecified atom stereocenters. The molecule has 5 nitrogen and oxygen atoms in total. The summed E-state index contributed by atoms with van der Waals surface area (Å²) in [6.07, 6.45) is 7.24. The highest BCUT2D eigenvalue weighted by Gasteiger charge is 2.11. The fourth-order valence-corrected chi connectivity index (χ4v) is 1.65. The van der Waals surface area contributed by atoms with E-state index in [9.17, 15) is 0 Å². The van der Waals surface area contributed by atoms with Gasteiger partial charge in [0.2, 0.25) is 0 Å². The van der Waals surface area contributed by atoms with Gasteiger partial charge in [0.25, 0.3) is 0 Å². The molecule has 2 aromatic heterocycles. The molecule has 0 aliphatic carbocycles. The Kier molecular flexibility index (Phi) is 3.71. The van der Waals surface area contributed by atoms with Crippen LogP contribution < -0.4 is 5.32 Å². The van der Waals surface area contributed by atoms with Crippen LogP contribution in [0, 0.1) is 5.92 Å². The zero-order valence-corrected chi connectivity index (χ0v) is 10.2. The number of hydrogen-bond acceptors (Lipinski definition) is 4. The molecule has 0 fully saturated rings. The van der Waals surface area contributed by atoms with Crippen molar-refractivity contribution < 1.29 is 5.11 Å². The molecule has 0 aliphatic rings. The van der Waals surface area contributed by atoms with Crippen LogP contribution in [0.5, 0.6) is 0 Å². The molecular formula is C12H18N4O. The molecule has 5 heteroatoms.